The zero-order valence-corrected chi connectivity index (χ0v) is 12.5. The minimum atomic E-state index is 0. The Morgan fingerprint density at radius 3 is 2.89 bits per heavy atom. The number of hydrogen-bond donors (Lipinski definition) is 1. The predicted molar refractivity (Wildman–Crippen MR) is 77.1 cm³/mol. The molecule has 18 heavy (non-hydrogen) atoms. The fourth-order valence-corrected chi connectivity index (χ4v) is 2.72. The van der Waals surface area contributed by atoms with Gasteiger partial charge in [0.15, 0.2) is 0 Å². The quantitative estimate of drug-likeness (QED) is 0.928. The third-order valence-corrected chi connectivity index (χ3v) is 3.99. The minimum Gasteiger partial charge on any atom is -0.328 e. The molecule has 1 fully saturated rings. The van der Waals surface area contributed by atoms with Crippen molar-refractivity contribution in [3.05, 3.63) is 16.9 Å². The molecule has 1 saturated heterocycles. The Hall–Kier alpha value is -0.290. The smallest absolute Gasteiger partial charge is 0.0831 e. The number of halogens is 2. The number of aromatic nitrogens is 2. The maximum Gasteiger partial charge on any atom is 0.0831 e. The van der Waals surface area contributed by atoms with E-state index in [4.69, 9.17) is 17.3 Å². The standard InChI is InChI=1S/C12H21ClN4.ClH/c1-9(14)10-4-3-5-17(7-10)8-12-11(13)6-15-16(12)2;/h6,9-10H,3-5,7-8,14H2,1-2H3;1H. The average Bonchev–Trinajstić information content (AvgIpc) is 2.61. The first-order valence-corrected chi connectivity index (χ1v) is 6.60. The number of likely N-dealkylation sites (tertiary alicyclic amines) is 1. The summed E-state index contributed by atoms with van der Waals surface area (Å²) in [5.74, 6) is 0.607. The summed E-state index contributed by atoms with van der Waals surface area (Å²) >= 11 is 6.13. The Morgan fingerprint density at radius 2 is 2.33 bits per heavy atom. The molecule has 0 spiro atoms. The number of rotatable bonds is 3. The lowest BCUT2D eigenvalue weighted by Gasteiger charge is -2.34. The van der Waals surface area contributed by atoms with E-state index < -0.39 is 0 Å². The van der Waals surface area contributed by atoms with Crippen LogP contribution in [0.1, 0.15) is 25.5 Å². The van der Waals surface area contributed by atoms with Gasteiger partial charge in [0.25, 0.3) is 0 Å². The van der Waals surface area contributed by atoms with Crippen LogP contribution in [0.15, 0.2) is 6.20 Å². The van der Waals surface area contributed by atoms with Gasteiger partial charge in [-0.15, -0.1) is 12.4 Å². The van der Waals surface area contributed by atoms with Crippen LogP contribution in [-0.4, -0.2) is 33.8 Å². The molecule has 0 amide bonds. The molecule has 6 heteroatoms. The zero-order chi connectivity index (χ0) is 12.4. The van der Waals surface area contributed by atoms with Crippen molar-refractivity contribution in [3.8, 4) is 0 Å². The first-order chi connectivity index (χ1) is 8.08. The molecule has 0 bridgehead atoms. The van der Waals surface area contributed by atoms with Crippen LogP contribution in [0.25, 0.3) is 0 Å². The fraction of sp³-hybridized carbons (Fsp3) is 0.750. The Balaban J connectivity index is 0.00000162. The highest BCUT2D eigenvalue weighted by atomic mass is 35.5. The van der Waals surface area contributed by atoms with Crippen molar-refractivity contribution in [2.45, 2.75) is 32.4 Å². The normalized spacial score (nSPS) is 22.6. The Morgan fingerprint density at radius 1 is 1.61 bits per heavy atom. The van der Waals surface area contributed by atoms with Gasteiger partial charge < -0.3 is 5.73 Å². The SMILES string of the molecule is CC(N)C1CCCN(Cc2c(Cl)cnn2C)C1.Cl. The second-order valence-corrected chi connectivity index (χ2v) is 5.47. The van der Waals surface area contributed by atoms with E-state index in [1.165, 1.54) is 12.8 Å². The maximum absolute atomic E-state index is 6.13. The van der Waals surface area contributed by atoms with Crippen molar-refractivity contribution in [3.63, 3.8) is 0 Å². The van der Waals surface area contributed by atoms with Gasteiger partial charge in [-0.25, -0.2) is 0 Å². The molecule has 0 radical (unpaired) electrons. The van der Waals surface area contributed by atoms with E-state index in [-0.39, 0.29) is 18.4 Å². The minimum absolute atomic E-state index is 0. The molecule has 2 heterocycles. The predicted octanol–water partition coefficient (Wildman–Crippen LogP) is 2.05. The highest BCUT2D eigenvalue weighted by molar-refractivity contribution is 6.31. The van der Waals surface area contributed by atoms with Crippen molar-refractivity contribution < 1.29 is 0 Å². The van der Waals surface area contributed by atoms with Crippen molar-refractivity contribution in [1.82, 2.24) is 14.7 Å². The van der Waals surface area contributed by atoms with Crippen LogP contribution in [0.3, 0.4) is 0 Å². The summed E-state index contributed by atoms with van der Waals surface area (Å²) in [6, 6.07) is 0.278. The van der Waals surface area contributed by atoms with Gasteiger partial charge in [-0.2, -0.15) is 5.10 Å². The van der Waals surface area contributed by atoms with Gasteiger partial charge in [-0.05, 0) is 32.2 Å². The van der Waals surface area contributed by atoms with E-state index in [2.05, 4.69) is 16.9 Å². The summed E-state index contributed by atoms with van der Waals surface area (Å²) in [5.41, 5.74) is 7.09. The highest BCUT2D eigenvalue weighted by Crippen LogP contribution is 2.22. The molecular formula is C12H22Cl2N4. The first-order valence-electron chi connectivity index (χ1n) is 6.22. The highest BCUT2D eigenvalue weighted by Gasteiger charge is 2.23. The lowest BCUT2D eigenvalue weighted by atomic mass is 9.92. The average molecular weight is 293 g/mol. The molecule has 1 aliphatic rings. The lowest BCUT2D eigenvalue weighted by molar-refractivity contribution is 0.151. The molecule has 2 rings (SSSR count). The molecule has 0 saturated carbocycles. The van der Waals surface area contributed by atoms with Crippen LogP contribution in [0.2, 0.25) is 5.02 Å². The molecule has 0 aromatic carbocycles. The van der Waals surface area contributed by atoms with Gasteiger partial charge >= 0.3 is 0 Å². The van der Waals surface area contributed by atoms with E-state index >= 15 is 0 Å². The maximum atomic E-state index is 6.13. The second kappa shape index (κ2) is 6.75. The van der Waals surface area contributed by atoms with E-state index in [9.17, 15) is 0 Å². The number of aryl methyl sites for hydroxylation is 1. The van der Waals surface area contributed by atoms with Crippen LogP contribution in [-0.2, 0) is 13.6 Å². The summed E-state index contributed by atoms with van der Waals surface area (Å²) in [6.07, 6.45) is 4.18. The van der Waals surface area contributed by atoms with Gasteiger partial charge in [-0.1, -0.05) is 11.6 Å². The van der Waals surface area contributed by atoms with Crippen LogP contribution in [0.4, 0.5) is 0 Å². The van der Waals surface area contributed by atoms with Gasteiger partial charge in [-0.3, -0.25) is 9.58 Å². The van der Waals surface area contributed by atoms with Crippen molar-refractivity contribution in [2.24, 2.45) is 18.7 Å². The van der Waals surface area contributed by atoms with Crippen LogP contribution >= 0.6 is 24.0 Å². The molecule has 4 nitrogen and oxygen atoms in total. The van der Waals surface area contributed by atoms with Crippen LogP contribution in [0.5, 0.6) is 0 Å². The Kier molecular flexibility index (Phi) is 5.92. The van der Waals surface area contributed by atoms with Gasteiger partial charge in [0, 0.05) is 26.2 Å². The number of nitrogens with two attached hydrogens (primary N) is 1. The topological polar surface area (TPSA) is 47.1 Å². The zero-order valence-electron chi connectivity index (χ0n) is 11.0. The molecule has 104 valence electrons. The number of hydrogen-bond acceptors (Lipinski definition) is 3. The summed E-state index contributed by atoms with van der Waals surface area (Å²) in [5, 5.41) is 4.93. The second-order valence-electron chi connectivity index (χ2n) is 5.06. The van der Waals surface area contributed by atoms with E-state index in [0.29, 0.717) is 5.92 Å². The summed E-state index contributed by atoms with van der Waals surface area (Å²) in [7, 11) is 1.94. The Labute approximate surface area is 120 Å². The van der Waals surface area contributed by atoms with Crippen molar-refractivity contribution >= 4 is 24.0 Å². The molecule has 0 aliphatic carbocycles. The fourth-order valence-electron chi connectivity index (χ4n) is 2.49. The molecule has 2 unspecified atom stereocenters. The van der Waals surface area contributed by atoms with Crippen molar-refractivity contribution in [2.75, 3.05) is 13.1 Å². The van der Waals surface area contributed by atoms with E-state index in [0.717, 1.165) is 30.4 Å². The van der Waals surface area contributed by atoms with Gasteiger partial charge in [0.2, 0.25) is 0 Å². The number of nitrogens with zero attached hydrogens (tertiary/aromatic N) is 3. The van der Waals surface area contributed by atoms with Crippen LogP contribution in [0, 0.1) is 5.92 Å². The monoisotopic (exact) mass is 292 g/mol. The Bertz CT molecular complexity index is 359. The number of piperidine rings is 1. The largest absolute Gasteiger partial charge is 0.328 e. The van der Waals surface area contributed by atoms with Gasteiger partial charge in [0.05, 0.1) is 16.9 Å². The third kappa shape index (κ3) is 3.60. The van der Waals surface area contributed by atoms with Gasteiger partial charge in [0.1, 0.15) is 0 Å². The molecular weight excluding hydrogens is 271 g/mol. The van der Waals surface area contributed by atoms with Crippen LogP contribution < -0.4 is 5.73 Å². The molecule has 1 aromatic rings. The van der Waals surface area contributed by atoms with Crippen molar-refractivity contribution in [1.29, 1.82) is 0 Å². The van der Waals surface area contributed by atoms with E-state index in [1.807, 2.05) is 11.7 Å². The molecule has 2 atom stereocenters. The summed E-state index contributed by atoms with van der Waals surface area (Å²) in [6.45, 7) is 5.17. The molecule has 2 N–H and O–H groups in total. The summed E-state index contributed by atoms with van der Waals surface area (Å²) in [4.78, 5) is 2.43. The molecule has 1 aliphatic heterocycles. The lowest BCUT2D eigenvalue weighted by Crippen LogP contribution is -2.42. The molecule has 1 aromatic heterocycles. The summed E-state index contributed by atoms with van der Waals surface area (Å²) < 4.78 is 1.86. The van der Waals surface area contributed by atoms with E-state index in [1.54, 1.807) is 6.20 Å². The first kappa shape index (κ1) is 15.8. The third-order valence-electron chi connectivity index (χ3n) is 3.67.